The number of piperidine rings is 1. The van der Waals surface area contributed by atoms with E-state index >= 15 is 0 Å². The number of rotatable bonds is 3. The summed E-state index contributed by atoms with van der Waals surface area (Å²) in [5, 5.41) is 3.37. The fraction of sp³-hybridized carbons (Fsp3) is 0.933. The van der Waals surface area contributed by atoms with Gasteiger partial charge in [-0.05, 0) is 24.7 Å². The average molecular weight is 269 g/mol. The van der Waals surface area contributed by atoms with Crippen LogP contribution in [-0.2, 0) is 4.79 Å². The lowest BCUT2D eigenvalue weighted by Gasteiger charge is -2.34. The molecule has 2 fully saturated rings. The molecule has 0 unspecified atom stereocenters. The van der Waals surface area contributed by atoms with Gasteiger partial charge in [-0.1, -0.05) is 20.8 Å². The van der Waals surface area contributed by atoms with E-state index in [1.54, 1.807) is 0 Å². The van der Waals surface area contributed by atoms with Crippen LogP contribution in [-0.4, -0.2) is 62.0 Å². The Bertz CT molecular complexity index is 229. The van der Waals surface area contributed by atoms with Gasteiger partial charge in [0.25, 0.3) is 0 Å². The van der Waals surface area contributed by atoms with Crippen molar-refractivity contribution in [3.63, 3.8) is 0 Å². The van der Waals surface area contributed by atoms with Gasteiger partial charge in [0.05, 0.1) is 0 Å². The van der Waals surface area contributed by atoms with Crippen LogP contribution in [0, 0.1) is 11.8 Å². The molecule has 0 aromatic carbocycles. The van der Waals surface area contributed by atoms with Gasteiger partial charge in [-0.15, -0.1) is 0 Å². The van der Waals surface area contributed by atoms with Crippen LogP contribution >= 0.6 is 0 Å². The van der Waals surface area contributed by atoms with Crippen LogP contribution in [0.15, 0.2) is 0 Å². The number of piperazine rings is 1. The maximum Gasteiger partial charge on any atom is 0.209 e. The lowest BCUT2D eigenvalue weighted by Crippen LogP contribution is -2.46. The third-order valence-electron chi connectivity index (χ3n) is 3.52. The number of carbonyl (C=O) groups is 1. The summed E-state index contributed by atoms with van der Waals surface area (Å²) in [6, 6.07) is 0. The summed E-state index contributed by atoms with van der Waals surface area (Å²) in [6.07, 6.45) is 3.35. The maximum absolute atomic E-state index is 10.6. The van der Waals surface area contributed by atoms with E-state index < -0.39 is 0 Å². The Balaban J connectivity index is 0.000000399. The summed E-state index contributed by atoms with van der Waals surface area (Å²) in [7, 11) is 0. The molecule has 2 rings (SSSR count). The molecule has 1 N–H and O–H groups in total. The van der Waals surface area contributed by atoms with Gasteiger partial charge in [0.15, 0.2) is 0 Å². The zero-order chi connectivity index (χ0) is 14.1. The highest BCUT2D eigenvalue weighted by Crippen LogP contribution is 2.17. The first-order valence-corrected chi connectivity index (χ1v) is 7.74. The Morgan fingerprint density at radius 2 is 1.63 bits per heavy atom. The molecule has 2 aliphatic rings. The minimum atomic E-state index is 0.805. The van der Waals surface area contributed by atoms with Gasteiger partial charge < -0.3 is 15.1 Å². The second kappa shape index (κ2) is 9.32. The molecular weight excluding hydrogens is 238 g/mol. The number of amides is 1. The molecule has 1 amide bonds. The van der Waals surface area contributed by atoms with Gasteiger partial charge in [-0.3, -0.25) is 4.79 Å². The van der Waals surface area contributed by atoms with Crippen LogP contribution in [0.4, 0.5) is 0 Å². The van der Waals surface area contributed by atoms with E-state index in [4.69, 9.17) is 0 Å². The Morgan fingerprint density at radius 3 is 2.11 bits per heavy atom. The quantitative estimate of drug-likeness (QED) is 0.787. The van der Waals surface area contributed by atoms with Gasteiger partial charge in [-0.2, -0.15) is 0 Å². The minimum Gasteiger partial charge on any atom is -0.345 e. The predicted molar refractivity (Wildman–Crippen MR) is 80.2 cm³/mol. The lowest BCUT2D eigenvalue weighted by molar-refractivity contribution is -0.119. The van der Waals surface area contributed by atoms with Crippen LogP contribution in [0.25, 0.3) is 0 Å². The highest BCUT2D eigenvalue weighted by Gasteiger charge is 2.21. The van der Waals surface area contributed by atoms with Crippen molar-refractivity contribution in [2.24, 2.45) is 11.8 Å². The monoisotopic (exact) mass is 269 g/mol. The van der Waals surface area contributed by atoms with Crippen molar-refractivity contribution in [3.8, 4) is 0 Å². The molecule has 0 aromatic rings. The Morgan fingerprint density at radius 1 is 1.11 bits per heavy atom. The number of carbonyl (C=O) groups excluding carboxylic acids is 1. The molecule has 0 radical (unpaired) electrons. The van der Waals surface area contributed by atoms with Gasteiger partial charge in [0.2, 0.25) is 6.41 Å². The molecule has 112 valence electrons. The predicted octanol–water partition coefficient (Wildman–Crippen LogP) is 1.42. The molecule has 0 atom stereocenters. The van der Waals surface area contributed by atoms with Crippen LogP contribution in [0.1, 0.15) is 33.6 Å². The van der Waals surface area contributed by atoms with E-state index in [2.05, 4.69) is 31.0 Å². The highest BCUT2D eigenvalue weighted by molar-refractivity contribution is 5.47. The van der Waals surface area contributed by atoms with Crippen molar-refractivity contribution < 1.29 is 4.79 Å². The lowest BCUT2D eigenvalue weighted by atomic mass is 9.96. The zero-order valence-electron chi connectivity index (χ0n) is 12.9. The van der Waals surface area contributed by atoms with Gasteiger partial charge >= 0.3 is 0 Å². The molecule has 0 aromatic heterocycles. The standard InChI is InChI=1S/C11H21N3O.C4H10/c15-10-14-5-1-11(2-6-14)9-13-7-3-12-4-8-13;1-4(2)3/h10-12H,1-9H2;4H,1-3H3. The van der Waals surface area contributed by atoms with Crippen LogP contribution in [0.5, 0.6) is 0 Å². The summed E-state index contributed by atoms with van der Waals surface area (Å²) in [5.74, 6) is 1.64. The number of likely N-dealkylation sites (tertiary alicyclic amines) is 1. The Kier molecular flexibility index (Phi) is 8.07. The van der Waals surface area contributed by atoms with E-state index in [-0.39, 0.29) is 0 Å². The molecule has 19 heavy (non-hydrogen) atoms. The van der Waals surface area contributed by atoms with Gasteiger partial charge in [0, 0.05) is 45.8 Å². The van der Waals surface area contributed by atoms with Crippen LogP contribution in [0.3, 0.4) is 0 Å². The molecule has 2 aliphatic heterocycles. The molecule has 2 saturated heterocycles. The number of nitrogens with zero attached hydrogens (tertiary/aromatic N) is 2. The second-order valence-electron chi connectivity index (χ2n) is 6.37. The molecule has 0 bridgehead atoms. The maximum atomic E-state index is 10.6. The van der Waals surface area contributed by atoms with Crippen LogP contribution < -0.4 is 5.32 Å². The molecule has 0 saturated carbocycles. The van der Waals surface area contributed by atoms with Gasteiger partial charge in [0.1, 0.15) is 0 Å². The first-order chi connectivity index (χ1) is 9.11. The van der Waals surface area contributed by atoms with Crippen molar-refractivity contribution in [2.45, 2.75) is 33.6 Å². The summed E-state index contributed by atoms with van der Waals surface area (Å²) >= 11 is 0. The Hall–Kier alpha value is -0.610. The fourth-order valence-electron chi connectivity index (χ4n) is 2.50. The second-order valence-corrected chi connectivity index (χ2v) is 6.37. The third-order valence-corrected chi connectivity index (χ3v) is 3.52. The van der Waals surface area contributed by atoms with Crippen molar-refractivity contribution in [1.29, 1.82) is 0 Å². The zero-order valence-corrected chi connectivity index (χ0v) is 12.9. The molecule has 0 spiro atoms. The van der Waals surface area contributed by atoms with E-state index in [0.717, 1.165) is 44.4 Å². The Labute approximate surface area is 118 Å². The van der Waals surface area contributed by atoms with Gasteiger partial charge in [-0.25, -0.2) is 0 Å². The first kappa shape index (κ1) is 16.4. The van der Waals surface area contributed by atoms with E-state index in [9.17, 15) is 4.79 Å². The third kappa shape index (κ3) is 7.53. The fourth-order valence-corrected chi connectivity index (χ4v) is 2.50. The smallest absolute Gasteiger partial charge is 0.209 e. The van der Waals surface area contributed by atoms with Crippen molar-refractivity contribution in [1.82, 2.24) is 15.1 Å². The molecule has 4 heteroatoms. The molecule has 2 heterocycles. The summed E-state index contributed by atoms with van der Waals surface area (Å²) < 4.78 is 0. The minimum absolute atomic E-state index is 0.805. The highest BCUT2D eigenvalue weighted by atomic mass is 16.1. The summed E-state index contributed by atoms with van der Waals surface area (Å²) in [4.78, 5) is 15.0. The number of nitrogens with one attached hydrogen (secondary N) is 1. The first-order valence-electron chi connectivity index (χ1n) is 7.74. The average Bonchev–Trinajstić information content (AvgIpc) is 2.40. The summed E-state index contributed by atoms with van der Waals surface area (Å²) in [5.41, 5.74) is 0. The van der Waals surface area contributed by atoms with E-state index in [0.29, 0.717) is 0 Å². The van der Waals surface area contributed by atoms with Crippen molar-refractivity contribution in [3.05, 3.63) is 0 Å². The SMILES string of the molecule is CC(C)C.O=CN1CCC(CN2CCNCC2)CC1. The topological polar surface area (TPSA) is 35.6 Å². The number of hydrogen-bond acceptors (Lipinski definition) is 3. The molecule has 0 aliphatic carbocycles. The number of hydrogen-bond donors (Lipinski definition) is 1. The molecule has 4 nitrogen and oxygen atoms in total. The van der Waals surface area contributed by atoms with E-state index in [1.165, 1.54) is 32.5 Å². The van der Waals surface area contributed by atoms with E-state index in [1.807, 2.05) is 4.90 Å². The van der Waals surface area contributed by atoms with Crippen LogP contribution in [0.2, 0.25) is 0 Å². The normalized spacial score (nSPS) is 22.0. The molecular formula is C15H31N3O. The summed E-state index contributed by atoms with van der Waals surface area (Å²) in [6.45, 7) is 14.3. The largest absolute Gasteiger partial charge is 0.345 e. The van der Waals surface area contributed by atoms with Crippen molar-refractivity contribution in [2.75, 3.05) is 45.8 Å². The van der Waals surface area contributed by atoms with Crippen molar-refractivity contribution >= 4 is 6.41 Å².